The van der Waals surface area contributed by atoms with Crippen LogP contribution in [0.5, 0.6) is 23.0 Å². The van der Waals surface area contributed by atoms with Crippen LogP contribution in [-0.2, 0) is 12.8 Å². The zero-order valence-electron chi connectivity index (χ0n) is 16.8. The van der Waals surface area contributed by atoms with Crippen LogP contribution in [-0.4, -0.2) is 41.5 Å². The van der Waals surface area contributed by atoms with Crippen molar-refractivity contribution in [2.75, 3.05) is 41.5 Å². The number of hydrogen-bond acceptors (Lipinski definition) is 6. The van der Waals surface area contributed by atoms with Crippen LogP contribution in [0, 0.1) is 0 Å². The maximum Gasteiger partial charge on any atom is 0.169 e. The summed E-state index contributed by atoms with van der Waals surface area (Å²) in [5, 5.41) is 7.49. The van der Waals surface area contributed by atoms with Crippen molar-refractivity contribution in [3.05, 3.63) is 34.4 Å². The molecule has 0 amide bonds. The van der Waals surface area contributed by atoms with Gasteiger partial charge in [0.2, 0.25) is 0 Å². The number of fused-ring (bicyclic) bond motifs is 2. The monoisotopic (exact) mass is 382 g/mol. The Labute approximate surface area is 165 Å². The molecule has 148 valence electrons. The second-order valence-electron chi connectivity index (χ2n) is 7.48. The van der Waals surface area contributed by atoms with E-state index in [0.717, 1.165) is 60.1 Å². The largest absolute Gasteiger partial charge is 0.493 e. The van der Waals surface area contributed by atoms with Gasteiger partial charge in [0.25, 0.3) is 0 Å². The van der Waals surface area contributed by atoms with Gasteiger partial charge in [0.1, 0.15) is 0 Å². The van der Waals surface area contributed by atoms with E-state index in [0.29, 0.717) is 0 Å². The average Bonchev–Trinajstić information content (AvgIpc) is 2.75. The lowest BCUT2D eigenvalue weighted by Crippen LogP contribution is -2.45. The van der Waals surface area contributed by atoms with Crippen molar-refractivity contribution in [1.29, 1.82) is 0 Å². The summed E-state index contributed by atoms with van der Waals surface area (Å²) < 4.78 is 23.2. The van der Waals surface area contributed by atoms with Gasteiger partial charge in [-0.25, -0.2) is 0 Å². The summed E-state index contributed by atoms with van der Waals surface area (Å²) in [5.41, 5.74) is 7.32. The maximum absolute atomic E-state index is 5.89. The first-order valence-corrected chi connectivity index (χ1v) is 9.76. The van der Waals surface area contributed by atoms with Crippen molar-refractivity contribution in [1.82, 2.24) is 10.6 Å². The van der Waals surface area contributed by atoms with Crippen LogP contribution >= 0.6 is 0 Å². The van der Waals surface area contributed by atoms with E-state index < -0.39 is 0 Å². The zero-order valence-corrected chi connectivity index (χ0v) is 16.8. The van der Waals surface area contributed by atoms with Crippen molar-refractivity contribution in [3.8, 4) is 34.1 Å². The molecule has 2 aromatic rings. The van der Waals surface area contributed by atoms with Crippen molar-refractivity contribution >= 4 is 0 Å². The Balaban J connectivity index is 1.95. The fraction of sp³-hybridized carbons (Fsp3) is 0.455. The molecule has 0 fully saturated rings. The molecule has 6 heteroatoms. The van der Waals surface area contributed by atoms with E-state index in [9.17, 15) is 0 Å². The van der Waals surface area contributed by atoms with Gasteiger partial charge in [-0.2, -0.15) is 0 Å². The molecule has 0 aromatic heterocycles. The molecule has 2 N–H and O–H groups in total. The Morgan fingerprint density at radius 2 is 1.11 bits per heavy atom. The molecular weight excluding hydrogens is 356 g/mol. The maximum atomic E-state index is 5.89. The van der Waals surface area contributed by atoms with Gasteiger partial charge in [0.15, 0.2) is 23.0 Å². The molecule has 2 atom stereocenters. The molecule has 0 saturated heterocycles. The molecule has 2 heterocycles. The predicted octanol–water partition coefficient (Wildman–Crippen LogP) is 2.78. The van der Waals surface area contributed by atoms with Gasteiger partial charge in [-0.1, -0.05) is 0 Å². The lowest BCUT2D eigenvalue weighted by Gasteiger charge is -2.44. The Morgan fingerprint density at radius 1 is 0.679 bits per heavy atom. The molecule has 2 aromatic carbocycles. The van der Waals surface area contributed by atoms with Gasteiger partial charge < -0.3 is 29.6 Å². The molecule has 28 heavy (non-hydrogen) atoms. The third-order valence-corrected chi connectivity index (χ3v) is 6.31. The Morgan fingerprint density at radius 3 is 1.46 bits per heavy atom. The molecule has 0 bridgehead atoms. The zero-order chi connectivity index (χ0) is 19.4. The number of benzene rings is 2. The van der Waals surface area contributed by atoms with Crippen molar-refractivity contribution < 1.29 is 18.9 Å². The van der Waals surface area contributed by atoms with E-state index in [1.807, 2.05) is 0 Å². The van der Waals surface area contributed by atoms with Gasteiger partial charge in [-0.3, -0.25) is 0 Å². The van der Waals surface area contributed by atoms with Gasteiger partial charge >= 0.3 is 0 Å². The average molecular weight is 382 g/mol. The summed E-state index contributed by atoms with van der Waals surface area (Å²) in [6.07, 6.45) is 1.92. The molecule has 0 spiro atoms. The summed E-state index contributed by atoms with van der Waals surface area (Å²) in [6.45, 7) is 1.89. The highest BCUT2D eigenvalue weighted by molar-refractivity contribution is 5.90. The Kier molecular flexibility index (Phi) is 4.14. The minimum Gasteiger partial charge on any atom is -0.493 e. The number of rotatable bonds is 4. The molecule has 0 radical (unpaired) electrons. The van der Waals surface area contributed by atoms with Crippen LogP contribution in [0.3, 0.4) is 0 Å². The van der Waals surface area contributed by atoms with Crippen LogP contribution in [0.1, 0.15) is 34.3 Å². The van der Waals surface area contributed by atoms with E-state index in [-0.39, 0.29) is 12.1 Å². The van der Waals surface area contributed by atoms with Gasteiger partial charge in [0.05, 0.1) is 40.5 Å². The van der Waals surface area contributed by atoms with Crippen molar-refractivity contribution in [2.45, 2.75) is 24.9 Å². The summed E-state index contributed by atoms with van der Waals surface area (Å²) in [5.74, 6) is 3.04. The van der Waals surface area contributed by atoms with Crippen molar-refractivity contribution in [3.63, 3.8) is 0 Å². The van der Waals surface area contributed by atoms with E-state index >= 15 is 0 Å². The minimum absolute atomic E-state index is 0.197. The predicted molar refractivity (Wildman–Crippen MR) is 107 cm³/mol. The van der Waals surface area contributed by atoms with E-state index in [1.54, 1.807) is 28.4 Å². The van der Waals surface area contributed by atoms with Crippen LogP contribution < -0.4 is 29.6 Å². The second kappa shape index (κ2) is 6.57. The lowest BCUT2D eigenvalue weighted by molar-refractivity contribution is 0.328. The van der Waals surface area contributed by atoms with Crippen LogP contribution in [0.25, 0.3) is 11.1 Å². The molecular formula is C22H26N2O4. The normalized spacial score (nSPS) is 21.4. The van der Waals surface area contributed by atoms with Gasteiger partial charge in [-0.05, 0) is 60.3 Å². The SMILES string of the molecule is COc1cc2c3c(c1OC)-c1c(OC)c(OC)cc4c1[C@H](NCC4)[C@H]3NCC2. The number of nitrogens with one attached hydrogen (secondary N) is 2. The Bertz CT molecular complexity index is 879. The highest BCUT2D eigenvalue weighted by atomic mass is 16.5. The van der Waals surface area contributed by atoms with Crippen LogP contribution in [0.15, 0.2) is 12.1 Å². The summed E-state index contributed by atoms with van der Waals surface area (Å²) in [6, 6.07) is 4.66. The molecule has 0 unspecified atom stereocenters. The number of hydrogen-bond donors (Lipinski definition) is 2. The lowest BCUT2D eigenvalue weighted by atomic mass is 9.71. The number of ether oxygens (including phenoxy) is 4. The van der Waals surface area contributed by atoms with E-state index in [2.05, 4.69) is 22.8 Å². The van der Waals surface area contributed by atoms with E-state index in [1.165, 1.54) is 22.3 Å². The third kappa shape index (κ3) is 2.22. The smallest absolute Gasteiger partial charge is 0.169 e. The second-order valence-corrected chi connectivity index (χ2v) is 7.48. The van der Waals surface area contributed by atoms with Gasteiger partial charge in [0, 0.05) is 11.1 Å². The molecule has 5 rings (SSSR count). The van der Waals surface area contributed by atoms with E-state index in [4.69, 9.17) is 18.9 Å². The summed E-state index contributed by atoms with van der Waals surface area (Å²) in [4.78, 5) is 0. The Hall–Kier alpha value is -2.44. The first kappa shape index (κ1) is 17.6. The molecule has 2 aliphatic heterocycles. The molecule has 0 saturated carbocycles. The summed E-state index contributed by atoms with van der Waals surface area (Å²) in [7, 11) is 6.80. The number of methoxy groups -OCH3 is 4. The molecule has 1 aliphatic carbocycles. The van der Waals surface area contributed by atoms with Crippen LogP contribution in [0.4, 0.5) is 0 Å². The third-order valence-electron chi connectivity index (χ3n) is 6.31. The summed E-state index contributed by atoms with van der Waals surface area (Å²) >= 11 is 0. The quantitative estimate of drug-likeness (QED) is 0.848. The van der Waals surface area contributed by atoms with Gasteiger partial charge in [-0.15, -0.1) is 0 Å². The van der Waals surface area contributed by atoms with Crippen molar-refractivity contribution in [2.24, 2.45) is 0 Å². The minimum atomic E-state index is 0.197. The standard InChI is InChI=1S/C22H26N2O4/c1-25-13-9-11-5-7-23-19-15(11)17(21(13)27-3)18-16-12(6-8-24-20(16)19)10-14(26-2)22(18)28-4/h9-10,19-20,23-24H,5-8H2,1-4H3/t19-,20-/m0/s1. The fourth-order valence-electron chi connectivity index (χ4n) is 5.24. The van der Waals surface area contributed by atoms with Crippen LogP contribution in [0.2, 0.25) is 0 Å². The highest BCUT2D eigenvalue weighted by Gasteiger charge is 2.44. The molecule has 6 nitrogen and oxygen atoms in total. The molecule has 3 aliphatic rings. The topological polar surface area (TPSA) is 61.0 Å². The first-order chi connectivity index (χ1) is 13.7. The fourth-order valence-corrected chi connectivity index (χ4v) is 5.24. The highest BCUT2D eigenvalue weighted by Crippen LogP contribution is 2.59. The first-order valence-electron chi connectivity index (χ1n) is 9.76.